The number of halogens is 1. The Labute approximate surface area is 110 Å². The summed E-state index contributed by atoms with van der Waals surface area (Å²) in [5, 5.41) is 4.09. The maximum atomic E-state index is 13.8. The van der Waals surface area contributed by atoms with Crippen LogP contribution < -0.4 is 15.2 Å². The topological polar surface area (TPSA) is 62.3 Å². The molecule has 0 fully saturated rings. The van der Waals surface area contributed by atoms with E-state index in [2.05, 4.69) is 5.10 Å². The summed E-state index contributed by atoms with van der Waals surface area (Å²) >= 11 is 0. The van der Waals surface area contributed by atoms with Crippen LogP contribution in [0, 0.1) is 12.7 Å². The van der Waals surface area contributed by atoms with Crippen molar-refractivity contribution in [2.24, 2.45) is 7.05 Å². The van der Waals surface area contributed by atoms with Crippen molar-refractivity contribution < 1.29 is 13.9 Å². The standard InChI is InChI=1S/C13H16FN3O2/c1-7-5-9(14)11(18-3)12(19-4)10(7)8-6-16-17(2)13(8)15/h5-6H,15H2,1-4H3. The van der Waals surface area contributed by atoms with Crippen LogP contribution in [0.2, 0.25) is 0 Å². The van der Waals surface area contributed by atoms with Gasteiger partial charge in [-0.05, 0) is 18.6 Å². The van der Waals surface area contributed by atoms with Crippen molar-refractivity contribution in [2.45, 2.75) is 6.92 Å². The average molecular weight is 265 g/mol. The third-order valence-electron chi connectivity index (χ3n) is 3.05. The molecule has 0 aliphatic heterocycles. The molecular weight excluding hydrogens is 249 g/mol. The molecule has 0 aliphatic carbocycles. The summed E-state index contributed by atoms with van der Waals surface area (Å²) in [6, 6.07) is 1.39. The first-order valence-corrected chi connectivity index (χ1v) is 5.70. The van der Waals surface area contributed by atoms with Gasteiger partial charge in [0.25, 0.3) is 0 Å². The van der Waals surface area contributed by atoms with Gasteiger partial charge in [-0.3, -0.25) is 4.68 Å². The Kier molecular flexibility index (Phi) is 3.33. The van der Waals surface area contributed by atoms with Gasteiger partial charge < -0.3 is 15.2 Å². The second-order valence-corrected chi connectivity index (χ2v) is 4.18. The summed E-state index contributed by atoms with van der Waals surface area (Å²) in [5.74, 6) is 0.393. The van der Waals surface area contributed by atoms with Gasteiger partial charge in [-0.25, -0.2) is 4.39 Å². The fraction of sp³-hybridized carbons (Fsp3) is 0.308. The van der Waals surface area contributed by atoms with Crippen LogP contribution in [0.5, 0.6) is 11.5 Å². The van der Waals surface area contributed by atoms with Crippen molar-refractivity contribution in [3.63, 3.8) is 0 Å². The third kappa shape index (κ3) is 1.99. The largest absolute Gasteiger partial charge is 0.492 e. The first kappa shape index (κ1) is 13.2. The molecule has 0 unspecified atom stereocenters. The van der Waals surface area contributed by atoms with Gasteiger partial charge in [-0.2, -0.15) is 5.10 Å². The summed E-state index contributed by atoms with van der Waals surface area (Å²) in [7, 11) is 4.60. The van der Waals surface area contributed by atoms with Gasteiger partial charge in [0.1, 0.15) is 5.82 Å². The van der Waals surface area contributed by atoms with Crippen LogP contribution in [0.15, 0.2) is 12.3 Å². The van der Waals surface area contributed by atoms with Crippen LogP contribution in [0.1, 0.15) is 5.56 Å². The zero-order chi connectivity index (χ0) is 14.2. The van der Waals surface area contributed by atoms with Gasteiger partial charge in [-0.15, -0.1) is 0 Å². The molecule has 0 amide bonds. The molecule has 2 aromatic rings. The monoisotopic (exact) mass is 265 g/mol. The van der Waals surface area contributed by atoms with E-state index in [1.165, 1.54) is 20.3 Å². The van der Waals surface area contributed by atoms with Crippen LogP contribution in [0.25, 0.3) is 11.1 Å². The number of hydrogen-bond acceptors (Lipinski definition) is 4. The maximum Gasteiger partial charge on any atom is 0.197 e. The van der Waals surface area contributed by atoms with E-state index in [0.29, 0.717) is 28.3 Å². The van der Waals surface area contributed by atoms with Gasteiger partial charge in [0, 0.05) is 18.2 Å². The van der Waals surface area contributed by atoms with Crippen LogP contribution >= 0.6 is 0 Å². The lowest BCUT2D eigenvalue weighted by Gasteiger charge is -2.15. The Morgan fingerprint density at radius 3 is 2.37 bits per heavy atom. The van der Waals surface area contributed by atoms with Crippen molar-refractivity contribution >= 4 is 5.82 Å². The van der Waals surface area contributed by atoms with Crippen molar-refractivity contribution in [3.8, 4) is 22.6 Å². The second kappa shape index (κ2) is 4.79. The van der Waals surface area contributed by atoms with E-state index in [0.717, 1.165) is 0 Å². The van der Waals surface area contributed by atoms with Gasteiger partial charge in [-0.1, -0.05) is 0 Å². The lowest BCUT2D eigenvalue weighted by molar-refractivity contribution is 0.338. The number of nitrogen functional groups attached to an aromatic ring is 1. The fourth-order valence-electron chi connectivity index (χ4n) is 2.09. The molecule has 0 atom stereocenters. The minimum atomic E-state index is -0.469. The highest BCUT2D eigenvalue weighted by Gasteiger charge is 2.22. The predicted molar refractivity (Wildman–Crippen MR) is 70.9 cm³/mol. The number of aryl methyl sites for hydroxylation is 2. The Bertz CT molecular complexity index is 623. The summed E-state index contributed by atoms with van der Waals surface area (Å²) in [4.78, 5) is 0. The van der Waals surface area contributed by atoms with E-state index in [-0.39, 0.29) is 5.75 Å². The van der Waals surface area contributed by atoms with E-state index in [4.69, 9.17) is 15.2 Å². The molecule has 0 saturated carbocycles. The number of nitrogens with two attached hydrogens (primary N) is 1. The fourth-order valence-corrected chi connectivity index (χ4v) is 2.09. The number of anilines is 1. The average Bonchev–Trinajstić information content (AvgIpc) is 2.69. The summed E-state index contributed by atoms with van der Waals surface area (Å²) in [6.45, 7) is 1.78. The molecule has 2 rings (SSSR count). The number of nitrogens with zero attached hydrogens (tertiary/aromatic N) is 2. The highest BCUT2D eigenvalue weighted by Crippen LogP contribution is 2.43. The summed E-state index contributed by atoms with van der Waals surface area (Å²) in [5.41, 5.74) is 8.05. The minimum Gasteiger partial charge on any atom is -0.492 e. The van der Waals surface area contributed by atoms with Crippen LogP contribution in [0.4, 0.5) is 10.2 Å². The first-order valence-electron chi connectivity index (χ1n) is 5.70. The van der Waals surface area contributed by atoms with E-state index >= 15 is 0 Å². The lowest BCUT2D eigenvalue weighted by Crippen LogP contribution is -2.01. The first-order chi connectivity index (χ1) is 9.01. The minimum absolute atomic E-state index is 0.0614. The number of methoxy groups -OCH3 is 2. The molecule has 0 spiro atoms. The molecule has 5 nitrogen and oxygen atoms in total. The van der Waals surface area contributed by atoms with Gasteiger partial charge in [0.05, 0.1) is 20.4 Å². The van der Waals surface area contributed by atoms with Crippen molar-refractivity contribution in [1.29, 1.82) is 0 Å². The normalized spacial score (nSPS) is 10.6. The Balaban J connectivity index is 2.79. The SMILES string of the molecule is COc1c(F)cc(C)c(-c2cnn(C)c2N)c1OC. The van der Waals surface area contributed by atoms with Crippen LogP contribution in [-0.2, 0) is 7.05 Å². The number of benzene rings is 1. The Hall–Kier alpha value is -2.24. The molecule has 2 N–H and O–H groups in total. The van der Waals surface area contributed by atoms with E-state index in [1.54, 1.807) is 24.9 Å². The highest BCUT2D eigenvalue weighted by atomic mass is 19.1. The molecule has 0 saturated heterocycles. The Morgan fingerprint density at radius 2 is 1.89 bits per heavy atom. The highest BCUT2D eigenvalue weighted by molar-refractivity contribution is 5.83. The maximum absolute atomic E-state index is 13.8. The van der Waals surface area contributed by atoms with Crippen molar-refractivity contribution in [3.05, 3.63) is 23.6 Å². The van der Waals surface area contributed by atoms with Crippen molar-refractivity contribution in [2.75, 3.05) is 20.0 Å². The zero-order valence-electron chi connectivity index (χ0n) is 11.3. The number of aromatic nitrogens is 2. The summed E-state index contributed by atoms with van der Waals surface area (Å²) < 4.78 is 25.7. The molecule has 6 heteroatoms. The van der Waals surface area contributed by atoms with Crippen LogP contribution in [-0.4, -0.2) is 24.0 Å². The smallest absolute Gasteiger partial charge is 0.197 e. The second-order valence-electron chi connectivity index (χ2n) is 4.18. The number of rotatable bonds is 3. The molecule has 0 radical (unpaired) electrons. The van der Waals surface area contributed by atoms with Crippen molar-refractivity contribution in [1.82, 2.24) is 9.78 Å². The predicted octanol–water partition coefficient (Wildman–Crippen LogP) is 2.13. The molecular formula is C13H16FN3O2. The quantitative estimate of drug-likeness (QED) is 0.923. The van der Waals surface area contributed by atoms with E-state index in [1.807, 2.05) is 0 Å². The molecule has 0 aliphatic rings. The number of hydrogen-bond donors (Lipinski definition) is 1. The van der Waals surface area contributed by atoms with Gasteiger partial charge >= 0.3 is 0 Å². The molecule has 1 heterocycles. The lowest BCUT2D eigenvalue weighted by atomic mass is 10.0. The van der Waals surface area contributed by atoms with E-state index in [9.17, 15) is 4.39 Å². The molecule has 19 heavy (non-hydrogen) atoms. The van der Waals surface area contributed by atoms with E-state index < -0.39 is 5.82 Å². The number of ether oxygens (including phenoxy) is 2. The molecule has 102 valence electrons. The molecule has 1 aromatic heterocycles. The zero-order valence-corrected chi connectivity index (χ0v) is 11.3. The summed E-state index contributed by atoms with van der Waals surface area (Å²) in [6.07, 6.45) is 1.62. The third-order valence-corrected chi connectivity index (χ3v) is 3.05. The van der Waals surface area contributed by atoms with Crippen LogP contribution in [0.3, 0.4) is 0 Å². The molecule has 1 aromatic carbocycles. The molecule has 0 bridgehead atoms. The van der Waals surface area contributed by atoms with Gasteiger partial charge in [0.15, 0.2) is 17.3 Å². The van der Waals surface area contributed by atoms with Gasteiger partial charge in [0.2, 0.25) is 0 Å². The Morgan fingerprint density at radius 1 is 1.26 bits per heavy atom.